The lowest BCUT2D eigenvalue weighted by molar-refractivity contribution is -0.120. The fraction of sp³-hybridized carbons (Fsp3) is 0.500. The summed E-state index contributed by atoms with van der Waals surface area (Å²) in [5.41, 5.74) is 5.49. The van der Waals surface area contributed by atoms with Gasteiger partial charge in [-0.05, 0) is 24.3 Å². The fourth-order valence-electron chi connectivity index (χ4n) is 2.27. The second-order valence-corrected chi connectivity index (χ2v) is 7.88. The summed E-state index contributed by atoms with van der Waals surface area (Å²) >= 11 is 1.21. The van der Waals surface area contributed by atoms with E-state index in [0.29, 0.717) is 24.4 Å². The molecule has 1 aliphatic rings. The van der Waals surface area contributed by atoms with Crippen molar-refractivity contribution in [2.75, 3.05) is 24.7 Å². The van der Waals surface area contributed by atoms with E-state index in [1.807, 2.05) is 0 Å². The minimum absolute atomic E-state index is 0.169. The number of hydrogen-bond acceptors (Lipinski definition) is 5. The first-order valence-electron chi connectivity index (χ1n) is 6.42. The molecule has 116 valence electrons. The summed E-state index contributed by atoms with van der Waals surface area (Å²) in [5.74, 6) is -1.31. The Hall–Kier alpha value is -1.45. The van der Waals surface area contributed by atoms with Gasteiger partial charge in [-0.25, -0.2) is 12.7 Å². The van der Waals surface area contributed by atoms with Gasteiger partial charge in [0.25, 0.3) is 5.91 Å². The molecular weight excluding hydrogens is 314 g/mol. The molecule has 1 saturated heterocycles. The summed E-state index contributed by atoms with van der Waals surface area (Å²) in [4.78, 5) is 23.4. The van der Waals surface area contributed by atoms with E-state index in [-0.39, 0.29) is 18.0 Å². The summed E-state index contributed by atoms with van der Waals surface area (Å²) in [5, 5.41) is 4.74. The zero-order valence-electron chi connectivity index (χ0n) is 11.5. The third kappa shape index (κ3) is 3.80. The van der Waals surface area contributed by atoms with Crippen LogP contribution in [0.3, 0.4) is 0 Å². The van der Waals surface area contributed by atoms with Crippen molar-refractivity contribution >= 4 is 38.2 Å². The molecule has 0 saturated carbocycles. The standard InChI is InChI=1S/C12H17N3O4S2/c1-21(18,19)15-5-2-3-8(7-15)11(17)14-12-9(10(13)16)4-6-20-12/h4,6,8H,2-3,5,7H2,1H3,(H2,13,16)(H,14,17)/t8-/m0/s1. The Balaban J connectivity index is 2.06. The first kappa shape index (κ1) is 15.9. The van der Waals surface area contributed by atoms with E-state index in [0.717, 1.165) is 6.26 Å². The number of nitrogens with zero attached hydrogens (tertiary/aromatic N) is 1. The van der Waals surface area contributed by atoms with E-state index in [2.05, 4.69) is 5.32 Å². The van der Waals surface area contributed by atoms with Gasteiger partial charge in [0.2, 0.25) is 15.9 Å². The maximum Gasteiger partial charge on any atom is 0.251 e. The average Bonchev–Trinajstić information content (AvgIpc) is 2.86. The fourth-order valence-corrected chi connectivity index (χ4v) is 3.98. The van der Waals surface area contributed by atoms with Gasteiger partial charge in [0, 0.05) is 13.1 Å². The van der Waals surface area contributed by atoms with Crippen LogP contribution in [0.4, 0.5) is 5.00 Å². The third-order valence-electron chi connectivity index (χ3n) is 3.39. The smallest absolute Gasteiger partial charge is 0.251 e. The van der Waals surface area contributed by atoms with E-state index in [1.165, 1.54) is 15.6 Å². The Morgan fingerprint density at radius 3 is 2.81 bits per heavy atom. The third-order valence-corrected chi connectivity index (χ3v) is 5.49. The highest BCUT2D eigenvalue weighted by molar-refractivity contribution is 7.88. The van der Waals surface area contributed by atoms with Gasteiger partial charge in [-0.3, -0.25) is 9.59 Å². The van der Waals surface area contributed by atoms with Gasteiger partial charge in [0.1, 0.15) is 5.00 Å². The highest BCUT2D eigenvalue weighted by atomic mass is 32.2. The van der Waals surface area contributed by atoms with E-state index >= 15 is 0 Å². The lowest BCUT2D eigenvalue weighted by Gasteiger charge is -2.30. The molecule has 0 unspecified atom stereocenters. The SMILES string of the molecule is CS(=O)(=O)N1CCC[C@H](C(=O)Nc2sccc2C(N)=O)C1. The molecule has 21 heavy (non-hydrogen) atoms. The van der Waals surface area contributed by atoms with Crippen LogP contribution in [-0.2, 0) is 14.8 Å². The van der Waals surface area contributed by atoms with Crippen molar-refractivity contribution in [3.63, 3.8) is 0 Å². The quantitative estimate of drug-likeness (QED) is 0.835. The molecule has 0 aliphatic carbocycles. The zero-order valence-corrected chi connectivity index (χ0v) is 13.2. The van der Waals surface area contributed by atoms with Crippen LogP contribution in [0.5, 0.6) is 0 Å². The Labute approximate surface area is 127 Å². The topological polar surface area (TPSA) is 110 Å². The maximum absolute atomic E-state index is 12.2. The summed E-state index contributed by atoms with van der Waals surface area (Å²) in [6.45, 7) is 0.607. The molecule has 1 atom stereocenters. The van der Waals surface area contributed by atoms with Crippen molar-refractivity contribution in [3.05, 3.63) is 17.0 Å². The number of sulfonamides is 1. The van der Waals surface area contributed by atoms with Crippen LogP contribution in [0.2, 0.25) is 0 Å². The highest BCUT2D eigenvalue weighted by Crippen LogP contribution is 2.25. The molecule has 7 nitrogen and oxygen atoms in total. The van der Waals surface area contributed by atoms with Crippen molar-refractivity contribution in [3.8, 4) is 0 Å². The minimum Gasteiger partial charge on any atom is -0.366 e. The van der Waals surface area contributed by atoms with E-state index in [9.17, 15) is 18.0 Å². The molecule has 0 bridgehead atoms. The monoisotopic (exact) mass is 331 g/mol. The Morgan fingerprint density at radius 2 is 2.19 bits per heavy atom. The van der Waals surface area contributed by atoms with Gasteiger partial charge in [0.05, 0.1) is 17.7 Å². The van der Waals surface area contributed by atoms with Crippen molar-refractivity contribution in [1.82, 2.24) is 4.31 Å². The van der Waals surface area contributed by atoms with Crippen LogP contribution in [-0.4, -0.2) is 43.9 Å². The highest BCUT2D eigenvalue weighted by Gasteiger charge is 2.30. The van der Waals surface area contributed by atoms with Crippen molar-refractivity contribution in [2.24, 2.45) is 11.7 Å². The van der Waals surface area contributed by atoms with Gasteiger partial charge >= 0.3 is 0 Å². The first-order chi connectivity index (χ1) is 9.79. The predicted octanol–water partition coefficient (Wildman–Crippen LogP) is 0.457. The van der Waals surface area contributed by atoms with Crippen LogP contribution >= 0.6 is 11.3 Å². The minimum atomic E-state index is -3.29. The molecule has 9 heteroatoms. The molecule has 2 heterocycles. The van der Waals surface area contributed by atoms with Crippen LogP contribution in [0.15, 0.2) is 11.4 Å². The lowest BCUT2D eigenvalue weighted by Crippen LogP contribution is -2.43. The van der Waals surface area contributed by atoms with Gasteiger partial charge in [-0.2, -0.15) is 0 Å². The number of carbonyl (C=O) groups is 2. The Kier molecular flexibility index (Phi) is 4.64. The Bertz CT molecular complexity index is 653. The van der Waals surface area contributed by atoms with Crippen molar-refractivity contribution in [1.29, 1.82) is 0 Å². The molecule has 0 spiro atoms. The van der Waals surface area contributed by atoms with Gasteiger partial charge in [-0.1, -0.05) is 0 Å². The molecule has 3 N–H and O–H groups in total. The summed E-state index contributed by atoms with van der Waals surface area (Å²) in [6.07, 6.45) is 2.39. The van der Waals surface area contributed by atoms with Gasteiger partial charge < -0.3 is 11.1 Å². The number of anilines is 1. The number of nitrogens with one attached hydrogen (secondary N) is 1. The number of nitrogens with two attached hydrogens (primary N) is 1. The van der Waals surface area contributed by atoms with Crippen LogP contribution in [0.1, 0.15) is 23.2 Å². The van der Waals surface area contributed by atoms with Gasteiger partial charge in [0.15, 0.2) is 0 Å². The van der Waals surface area contributed by atoms with Crippen molar-refractivity contribution < 1.29 is 18.0 Å². The summed E-state index contributed by atoms with van der Waals surface area (Å²) in [7, 11) is -3.29. The predicted molar refractivity (Wildman–Crippen MR) is 80.6 cm³/mol. The largest absolute Gasteiger partial charge is 0.366 e. The molecule has 2 rings (SSSR count). The number of carbonyl (C=O) groups excluding carboxylic acids is 2. The normalized spacial score (nSPS) is 20.1. The Morgan fingerprint density at radius 1 is 1.48 bits per heavy atom. The number of piperidine rings is 1. The van der Waals surface area contributed by atoms with Crippen LogP contribution < -0.4 is 11.1 Å². The zero-order chi connectivity index (χ0) is 15.6. The second-order valence-electron chi connectivity index (χ2n) is 4.98. The van der Waals surface area contributed by atoms with Crippen LogP contribution in [0.25, 0.3) is 0 Å². The first-order valence-corrected chi connectivity index (χ1v) is 9.15. The number of primary amides is 1. The molecule has 1 aliphatic heterocycles. The van der Waals surface area contributed by atoms with E-state index in [4.69, 9.17) is 5.73 Å². The van der Waals surface area contributed by atoms with Crippen LogP contribution in [0, 0.1) is 5.92 Å². The summed E-state index contributed by atoms with van der Waals surface area (Å²) < 4.78 is 24.4. The molecule has 1 aromatic heterocycles. The second kappa shape index (κ2) is 6.12. The molecule has 2 amide bonds. The number of hydrogen-bond donors (Lipinski definition) is 2. The van der Waals surface area contributed by atoms with E-state index < -0.39 is 21.8 Å². The molecular formula is C12H17N3O4S2. The molecule has 1 fully saturated rings. The maximum atomic E-state index is 12.2. The number of thiophene rings is 1. The number of rotatable bonds is 4. The number of amides is 2. The van der Waals surface area contributed by atoms with E-state index in [1.54, 1.807) is 11.4 Å². The average molecular weight is 331 g/mol. The molecule has 0 radical (unpaired) electrons. The molecule has 0 aromatic carbocycles. The van der Waals surface area contributed by atoms with Crippen molar-refractivity contribution in [2.45, 2.75) is 12.8 Å². The van der Waals surface area contributed by atoms with Gasteiger partial charge in [-0.15, -0.1) is 11.3 Å². The molecule has 1 aromatic rings. The summed E-state index contributed by atoms with van der Waals surface area (Å²) in [6, 6.07) is 1.55. The lowest BCUT2D eigenvalue weighted by atomic mass is 9.99.